The summed E-state index contributed by atoms with van der Waals surface area (Å²) in [5, 5.41) is 0. The Balaban J connectivity index is 1.90. The second-order valence-electron chi connectivity index (χ2n) is 5.27. The molecule has 0 aliphatic carbocycles. The van der Waals surface area contributed by atoms with Gasteiger partial charge in [0.25, 0.3) is 0 Å². The highest BCUT2D eigenvalue weighted by atomic mass is 16.5. The fourth-order valence-electron chi connectivity index (χ4n) is 3.24. The van der Waals surface area contributed by atoms with Crippen LogP contribution in [0.5, 0.6) is 0 Å². The molecule has 1 aromatic rings. The Hall–Kier alpha value is -1.61. The predicted molar refractivity (Wildman–Crippen MR) is 73.4 cm³/mol. The number of benzene rings is 1. The number of nitrogens with zero attached hydrogens (tertiary/aromatic N) is 1. The van der Waals surface area contributed by atoms with Crippen LogP contribution < -0.4 is 0 Å². The monoisotopic (exact) mass is 257 g/mol. The number of ether oxygens (including phenoxy) is 1. The Kier molecular flexibility index (Phi) is 3.15. The van der Waals surface area contributed by atoms with E-state index in [1.165, 1.54) is 5.56 Å². The van der Waals surface area contributed by atoms with Gasteiger partial charge in [-0.2, -0.15) is 0 Å². The van der Waals surface area contributed by atoms with Crippen molar-refractivity contribution in [3.8, 4) is 0 Å². The van der Waals surface area contributed by atoms with Crippen molar-refractivity contribution < 1.29 is 9.53 Å². The van der Waals surface area contributed by atoms with Gasteiger partial charge in [0.15, 0.2) is 0 Å². The summed E-state index contributed by atoms with van der Waals surface area (Å²) in [4.78, 5) is 14.2. The minimum absolute atomic E-state index is 0.0704. The topological polar surface area (TPSA) is 29.5 Å². The number of rotatable bonds is 4. The molecule has 0 unspecified atom stereocenters. The maximum absolute atomic E-state index is 12.2. The smallest absolute Gasteiger partial charge is 0.225 e. The lowest BCUT2D eigenvalue weighted by Crippen LogP contribution is -2.42. The molecule has 1 aromatic carbocycles. The van der Waals surface area contributed by atoms with Crippen molar-refractivity contribution >= 4 is 5.91 Å². The lowest BCUT2D eigenvalue weighted by molar-refractivity contribution is -0.139. The van der Waals surface area contributed by atoms with E-state index in [1.807, 2.05) is 29.2 Å². The molecule has 3 nitrogen and oxygen atoms in total. The summed E-state index contributed by atoms with van der Waals surface area (Å²) in [7, 11) is 0. The highest BCUT2D eigenvalue weighted by Crippen LogP contribution is 2.47. The van der Waals surface area contributed by atoms with Gasteiger partial charge in [0.05, 0.1) is 12.6 Å². The Bertz CT molecular complexity index is 485. The predicted octanol–water partition coefficient (Wildman–Crippen LogP) is 3.04. The summed E-state index contributed by atoms with van der Waals surface area (Å²) in [6, 6.07) is 10.2. The molecular formula is C16H19NO2. The molecule has 3 rings (SSSR count). The SMILES string of the molecule is C=CCC[C@]12CCC(=O)N1[C@H](c1ccccc1)CO2. The van der Waals surface area contributed by atoms with Crippen LogP contribution in [0.3, 0.4) is 0 Å². The van der Waals surface area contributed by atoms with Crippen LogP contribution >= 0.6 is 0 Å². The summed E-state index contributed by atoms with van der Waals surface area (Å²) >= 11 is 0. The third-order valence-electron chi connectivity index (χ3n) is 4.18. The highest BCUT2D eigenvalue weighted by Gasteiger charge is 2.53. The molecule has 2 fully saturated rings. The molecule has 3 heteroatoms. The second-order valence-corrected chi connectivity index (χ2v) is 5.27. The summed E-state index contributed by atoms with van der Waals surface area (Å²) in [5.74, 6) is 0.218. The van der Waals surface area contributed by atoms with E-state index in [2.05, 4.69) is 18.7 Å². The van der Waals surface area contributed by atoms with E-state index in [1.54, 1.807) is 0 Å². The molecule has 0 spiro atoms. The first kappa shape index (κ1) is 12.4. The Morgan fingerprint density at radius 1 is 1.42 bits per heavy atom. The molecule has 0 radical (unpaired) electrons. The first-order valence-electron chi connectivity index (χ1n) is 6.89. The van der Waals surface area contributed by atoms with Crippen LogP contribution in [0.2, 0.25) is 0 Å². The lowest BCUT2D eigenvalue weighted by Gasteiger charge is -2.33. The summed E-state index contributed by atoms with van der Waals surface area (Å²) in [6.07, 6.45) is 5.04. The minimum Gasteiger partial charge on any atom is -0.353 e. The van der Waals surface area contributed by atoms with Crippen molar-refractivity contribution in [2.24, 2.45) is 0 Å². The summed E-state index contributed by atoms with van der Waals surface area (Å²) in [6.45, 7) is 4.37. The molecule has 2 saturated heterocycles. The maximum Gasteiger partial charge on any atom is 0.225 e. The molecule has 100 valence electrons. The molecule has 2 aliphatic heterocycles. The number of hydrogen-bond acceptors (Lipinski definition) is 2. The van der Waals surface area contributed by atoms with E-state index in [-0.39, 0.29) is 17.7 Å². The first-order chi connectivity index (χ1) is 9.27. The molecule has 0 saturated carbocycles. The van der Waals surface area contributed by atoms with Crippen LogP contribution in [0.15, 0.2) is 43.0 Å². The molecule has 2 atom stereocenters. The Morgan fingerprint density at radius 2 is 2.21 bits per heavy atom. The Morgan fingerprint density at radius 3 is 2.95 bits per heavy atom. The van der Waals surface area contributed by atoms with Gasteiger partial charge >= 0.3 is 0 Å². The van der Waals surface area contributed by atoms with Crippen LogP contribution in [-0.4, -0.2) is 23.1 Å². The van der Waals surface area contributed by atoms with Gasteiger partial charge in [-0.25, -0.2) is 0 Å². The minimum atomic E-state index is -0.383. The number of hydrogen-bond donors (Lipinski definition) is 0. The normalized spacial score (nSPS) is 29.6. The van der Waals surface area contributed by atoms with Crippen LogP contribution in [-0.2, 0) is 9.53 Å². The van der Waals surface area contributed by atoms with Gasteiger partial charge in [0.1, 0.15) is 5.72 Å². The average Bonchev–Trinajstić information content (AvgIpc) is 2.97. The van der Waals surface area contributed by atoms with Crippen LogP contribution in [0.25, 0.3) is 0 Å². The molecule has 0 aromatic heterocycles. The average molecular weight is 257 g/mol. The van der Waals surface area contributed by atoms with E-state index in [4.69, 9.17) is 4.74 Å². The van der Waals surface area contributed by atoms with Gasteiger partial charge in [-0.3, -0.25) is 4.79 Å². The van der Waals surface area contributed by atoms with Crippen molar-refractivity contribution in [1.29, 1.82) is 0 Å². The molecule has 0 N–H and O–H groups in total. The van der Waals surface area contributed by atoms with Gasteiger partial charge in [-0.15, -0.1) is 6.58 Å². The van der Waals surface area contributed by atoms with Crippen molar-refractivity contribution in [2.75, 3.05) is 6.61 Å². The molecule has 2 aliphatic rings. The van der Waals surface area contributed by atoms with E-state index in [9.17, 15) is 4.79 Å². The van der Waals surface area contributed by atoms with Crippen molar-refractivity contribution in [3.05, 3.63) is 48.6 Å². The fraction of sp³-hybridized carbons (Fsp3) is 0.438. The summed E-state index contributed by atoms with van der Waals surface area (Å²) < 4.78 is 6.06. The van der Waals surface area contributed by atoms with Crippen molar-refractivity contribution in [2.45, 2.75) is 37.5 Å². The van der Waals surface area contributed by atoms with Gasteiger partial charge in [-0.05, 0) is 18.4 Å². The maximum atomic E-state index is 12.2. The van der Waals surface area contributed by atoms with Crippen LogP contribution in [0.4, 0.5) is 0 Å². The van der Waals surface area contributed by atoms with E-state index in [0.717, 1.165) is 19.3 Å². The van der Waals surface area contributed by atoms with Gasteiger partial charge < -0.3 is 9.64 Å². The number of carbonyl (C=O) groups excluding carboxylic acids is 1. The largest absolute Gasteiger partial charge is 0.353 e. The highest BCUT2D eigenvalue weighted by molar-refractivity contribution is 5.80. The van der Waals surface area contributed by atoms with Gasteiger partial charge in [0, 0.05) is 12.8 Å². The summed E-state index contributed by atoms with van der Waals surface area (Å²) in [5.41, 5.74) is 0.782. The quantitative estimate of drug-likeness (QED) is 0.776. The molecule has 2 heterocycles. The third kappa shape index (κ3) is 1.98. The molecule has 19 heavy (non-hydrogen) atoms. The first-order valence-corrected chi connectivity index (χ1v) is 6.89. The molecular weight excluding hydrogens is 238 g/mol. The number of allylic oxidation sites excluding steroid dienone is 1. The van der Waals surface area contributed by atoms with Gasteiger partial charge in [0.2, 0.25) is 5.91 Å². The standard InChI is InChI=1S/C16H19NO2/c1-2-3-10-16-11-9-15(18)17(16)14(12-19-16)13-7-5-4-6-8-13/h2,4-8,14H,1,3,9-12H2/t14-,16-/m0/s1. The Labute approximate surface area is 113 Å². The molecule has 0 bridgehead atoms. The number of carbonyl (C=O) groups is 1. The zero-order chi connectivity index (χ0) is 13.3. The number of fused-ring (bicyclic) bond motifs is 1. The second kappa shape index (κ2) is 4.82. The van der Waals surface area contributed by atoms with Crippen LogP contribution in [0.1, 0.15) is 37.3 Å². The van der Waals surface area contributed by atoms with E-state index in [0.29, 0.717) is 13.0 Å². The van der Waals surface area contributed by atoms with E-state index < -0.39 is 0 Å². The van der Waals surface area contributed by atoms with Crippen molar-refractivity contribution in [1.82, 2.24) is 4.90 Å². The molecule has 1 amide bonds. The van der Waals surface area contributed by atoms with Crippen molar-refractivity contribution in [3.63, 3.8) is 0 Å². The van der Waals surface area contributed by atoms with Crippen LogP contribution in [0, 0.1) is 0 Å². The lowest BCUT2D eigenvalue weighted by atomic mass is 10.0. The van der Waals surface area contributed by atoms with E-state index >= 15 is 0 Å². The zero-order valence-corrected chi connectivity index (χ0v) is 11.0. The fourth-order valence-corrected chi connectivity index (χ4v) is 3.24. The third-order valence-corrected chi connectivity index (χ3v) is 4.18. The zero-order valence-electron chi connectivity index (χ0n) is 11.0. The van der Waals surface area contributed by atoms with Gasteiger partial charge in [-0.1, -0.05) is 36.4 Å². The number of amides is 1.